The van der Waals surface area contributed by atoms with Crippen LogP contribution in [-0.4, -0.2) is 9.97 Å². The quantitative estimate of drug-likeness (QED) is 0.454. The smallest absolute Gasteiger partial charge is 0.323 e. The van der Waals surface area contributed by atoms with Gasteiger partial charge in [0.25, 0.3) is 0 Å². The number of hydrogen-bond acceptors (Lipinski definition) is 3. The van der Waals surface area contributed by atoms with Crippen LogP contribution in [0.5, 0.6) is 5.75 Å². The Morgan fingerprint density at radius 2 is 1.70 bits per heavy atom. The minimum atomic E-state index is -0.205. The van der Waals surface area contributed by atoms with Crippen molar-refractivity contribution in [3.05, 3.63) is 93.4 Å². The summed E-state index contributed by atoms with van der Waals surface area (Å²) in [5, 5.41) is 4.09. The maximum Gasteiger partial charge on any atom is 0.323 e. The Bertz CT molecular complexity index is 1120. The first-order valence-electron chi connectivity index (χ1n) is 8.58. The van der Waals surface area contributed by atoms with Crippen LogP contribution in [-0.2, 0) is 13.2 Å². The predicted molar refractivity (Wildman–Crippen MR) is 108 cm³/mol. The van der Waals surface area contributed by atoms with Gasteiger partial charge in [0, 0.05) is 22.8 Å². The zero-order valence-corrected chi connectivity index (χ0v) is 15.2. The van der Waals surface area contributed by atoms with E-state index < -0.39 is 0 Å². The fraction of sp³-hybridized carbons (Fsp3) is 0.0952. The SMILES string of the molecule is O=c1[nH]c2ccc(NCc3ccccc3OCc3ccc(Cl)cc3)cc2[nH]1. The van der Waals surface area contributed by atoms with Gasteiger partial charge in [-0.05, 0) is 42.0 Å². The van der Waals surface area contributed by atoms with Gasteiger partial charge in [-0.15, -0.1) is 0 Å². The summed E-state index contributed by atoms with van der Waals surface area (Å²) in [6, 6.07) is 21.3. The van der Waals surface area contributed by atoms with Crippen molar-refractivity contribution in [2.75, 3.05) is 5.32 Å². The van der Waals surface area contributed by atoms with Crippen LogP contribution in [0.25, 0.3) is 11.0 Å². The number of halogens is 1. The minimum absolute atomic E-state index is 0.205. The summed E-state index contributed by atoms with van der Waals surface area (Å²) in [5.74, 6) is 0.830. The zero-order chi connectivity index (χ0) is 18.6. The monoisotopic (exact) mass is 379 g/mol. The van der Waals surface area contributed by atoms with Crippen LogP contribution >= 0.6 is 11.6 Å². The van der Waals surface area contributed by atoms with Gasteiger partial charge in [-0.25, -0.2) is 4.79 Å². The summed E-state index contributed by atoms with van der Waals surface area (Å²) in [5.41, 5.74) is 4.39. The van der Waals surface area contributed by atoms with Crippen LogP contribution in [0.3, 0.4) is 0 Å². The molecule has 0 bridgehead atoms. The molecule has 0 saturated heterocycles. The van der Waals surface area contributed by atoms with E-state index in [9.17, 15) is 4.79 Å². The number of nitrogens with one attached hydrogen (secondary N) is 3. The van der Waals surface area contributed by atoms with Crippen LogP contribution < -0.4 is 15.7 Å². The number of anilines is 1. The molecule has 0 radical (unpaired) electrons. The second kappa shape index (κ2) is 7.60. The molecule has 0 atom stereocenters. The van der Waals surface area contributed by atoms with E-state index in [4.69, 9.17) is 16.3 Å². The third kappa shape index (κ3) is 4.15. The number of hydrogen-bond donors (Lipinski definition) is 3. The van der Waals surface area contributed by atoms with Crippen molar-refractivity contribution in [1.29, 1.82) is 0 Å². The molecule has 0 fully saturated rings. The number of ether oxygens (including phenoxy) is 1. The highest BCUT2D eigenvalue weighted by Crippen LogP contribution is 2.22. The Morgan fingerprint density at radius 3 is 2.56 bits per heavy atom. The van der Waals surface area contributed by atoms with Gasteiger partial charge in [-0.1, -0.05) is 41.9 Å². The van der Waals surface area contributed by atoms with Crippen molar-refractivity contribution in [3.8, 4) is 5.75 Å². The molecular weight excluding hydrogens is 362 g/mol. The highest BCUT2D eigenvalue weighted by atomic mass is 35.5. The maximum absolute atomic E-state index is 11.4. The van der Waals surface area contributed by atoms with Crippen LogP contribution in [0.4, 0.5) is 5.69 Å². The van der Waals surface area contributed by atoms with Gasteiger partial charge in [0.2, 0.25) is 0 Å². The van der Waals surface area contributed by atoms with E-state index in [2.05, 4.69) is 15.3 Å². The van der Waals surface area contributed by atoms with Crippen molar-refractivity contribution in [3.63, 3.8) is 0 Å². The minimum Gasteiger partial charge on any atom is -0.489 e. The van der Waals surface area contributed by atoms with Gasteiger partial charge in [0.05, 0.1) is 11.0 Å². The van der Waals surface area contributed by atoms with E-state index >= 15 is 0 Å². The summed E-state index contributed by atoms with van der Waals surface area (Å²) < 4.78 is 5.99. The van der Waals surface area contributed by atoms with Crippen LogP contribution in [0, 0.1) is 0 Å². The largest absolute Gasteiger partial charge is 0.489 e. The average molecular weight is 380 g/mol. The fourth-order valence-electron chi connectivity index (χ4n) is 2.87. The second-order valence-corrected chi connectivity index (χ2v) is 6.65. The molecule has 0 spiro atoms. The molecule has 4 aromatic rings. The topological polar surface area (TPSA) is 69.9 Å². The number of para-hydroxylation sites is 1. The molecule has 0 unspecified atom stereocenters. The van der Waals surface area contributed by atoms with Crippen molar-refractivity contribution >= 4 is 28.3 Å². The summed E-state index contributed by atoms with van der Waals surface area (Å²) >= 11 is 5.92. The van der Waals surface area contributed by atoms with Crippen molar-refractivity contribution < 1.29 is 4.74 Å². The number of H-pyrrole nitrogens is 2. The summed E-state index contributed by atoms with van der Waals surface area (Å²) in [4.78, 5) is 16.9. The zero-order valence-electron chi connectivity index (χ0n) is 14.5. The number of rotatable bonds is 6. The molecule has 1 heterocycles. The van der Waals surface area contributed by atoms with E-state index in [1.54, 1.807) is 0 Å². The standard InChI is InChI=1S/C21H18ClN3O2/c22-16-7-5-14(6-8-16)13-27-20-4-2-1-3-15(20)12-23-17-9-10-18-19(11-17)25-21(26)24-18/h1-11,23H,12-13H2,(H2,24,25,26). The number of imidazole rings is 1. The summed E-state index contributed by atoms with van der Waals surface area (Å²) in [6.45, 7) is 1.09. The lowest BCUT2D eigenvalue weighted by Gasteiger charge is -2.13. The van der Waals surface area contributed by atoms with Gasteiger partial charge in [-0.2, -0.15) is 0 Å². The maximum atomic E-state index is 11.4. The van der Waals surface area contributed by atoms with E-state index in [0.717, 1.165) is 33.6 Å². The van der Waals surface area contributed by atoms with Crippen LogP contribution in [0.2, 0.25) is 5.02 Å². The first kappa shape index (κ1) is 17.2. The Morgan fingerprint density at radius 1 is 0.926 bits per heavy atom. The lowest BCUT2D eigenvalue weighted by Crippen LogP contribution is -2.03. The second-order valence-electron chi connectivity index (χ2n) is 6.22. The average Bonchev–Trinajstić information content (AvgIpc) is 3.06. The number of aromatic amines is 2. The molecule has 136 valence electrons. The Hall–Kier alpha value is -3.18. The van der Waals surface area contributed by atoms with E-state index in [-0.39, 0.29) is 5.69 Å². The highest BCUT2D eigenvalue weighted by Gasteiger charge is 2.05. The molecule has 1 aromatic heterocycles. The van der Waals surface area contributed by atoms with E-state index in [1.807, 2.05) is 66.7 Å². The molecule has 4 rings (SSSR count). The molecule has 27 heavy (non-hydrogen) atoms. The molecule has 3 N–H and O–H groups in total. The van der Waals surface area contributed by atoms with E-state index in [0.29, 0.717) is 18.2 Å². The summed E-state index contributed by atoms with van der Waals surface area (Å²) in [7, 11) is 0. The molecule has 0 aliphatic carbocycles. The van der Waals surface area contributed by atoms with Crippen LogP contribution in [0.15, 0.2) is 71.5 Å². The van der Waals surface area contributed by atoms with Gasteiger partial charge < -0.3 is 20.0 Å². The third-order valence-corrected chi connectivity index (χ3v) is 4.53. The van der Waals surface area contributed by atoms with Gasteiger partial charge in [0.15, 0.2) is 0 Å². The number of fused-ring (bicyclic) bond motifs is 1. The first-order chi connectivity index (χ1) is 13.2. The Kier molecular flexibility index (Phi) is 4.85. The van der Waals surface area contributed by atoms with Gasteiger partial charge in [-0.3, -0.25) is 0 Å². The first-order valence-corrected chi connectivity index (χ1v) is 8.96. The molecule has 0 aliphatic rings. The molecule has 0 aliphatic heterocycles. The lowest BCUT2D eigenvalue weighted by atomic mass is 10.2. The Labute approximate surface area is 161 Å². The molecular formula is C21H18ClN3O2. The molecule has 0 amide bonds. The highest BCUT2D eigenvalue weighted by molar-refractivity contribution is 6.30. The van der Waals surface area contributed by atoms with Crippen molar-refractivity contribution in [1.82, 2.24) is 9.97 Å². The summed E-state index contributed by atoms with van der Waals surface area (Å²) in [6.07, 6.45) is 0. The lowest BCUT2D eigenvalue weighted by molar-refractivity contribution is 0.303. The van der Waals surface area contributed by atoms with E-state index in [1.165, 1.54) is 0 Å². The predicted octanol–water partition coefficient (Wildman–Crippen LogP) is 4.70. The third-order valence-electron chi connectivity index (χ3n) is 4.28. The van der Waals surface area contributed by atoms with Crippen LogP contribution in [0.1, 0.15) is 11.1 Å². The van der Waals surface area contributed by atoms with Crippen molar-refractivity contribution in [2.24, 2.45) is 0 Å². The molecule has 0 saturated carbocycles. The number of benzene rings is 3. The molecule has 6 heteroatoms. The Balaban J connectivity index is 1.45. The normalized spacial score (nSPS) is 10.9. The number of aromatic nitrogens is 2. The van der Waals surface area contributed by atoms with Crippen molar-refractivity contribution in [2.45, 2.75) is 13.2 Å². The van der Waals surface area contributed by atoms with Gasteiger partial charge >= 0.3 is 5.69 Å². The van der Waals surface area contributed by atoms with Gasteiger partial charge in [0.1, 0.15) is 12.4 Å². The fourth-order valence-corrected chi connectivity index (χ4v) is 3.00. The molecule has 3 aromatic carbocycles. The molecule has 5 nitrogen and oxygen atoms in total.